The van der Waals surface area contributed by atoms with Gasteiger partial charge in [-0.1, -0.05) is 89.0 Å². The van der Waals surface area contributed by atoms with E-state index in [1.54, 1.807) is 6.07 Å². The predicted molar refractivity (Wildman–Crippen MR) is 124 cm³/mol. The Bertz CT molecular complexity index is 1090. The standard InChI is InChI=1S/C24H34O7S2/c1-2-3-4-5-6-7-8-9-10-11-15-20-16-14-19-23(33(28,29)30)24(20)31-21-17-12-13-18-22(21)32(25,26)27/h12-14,16-19H,2-11,15H2,1H3,(H,25,26,27)(H,28,29,30)/p-2. The van der Waals surface area contributed by atoms with Crippen LogP contribution in [0.1, 0.15) is 76.7 Å². The molecule has 0 radical (unpaired) electrons. The average molecular weight is 497 g/mol. The highest BCUT2D eigenvalue weighted by Gasteiger charge is 2.18. The third kappa shape index (κ3) is 9.08. The predicted octanol–water partition coefficient (Wildman–Crippen LogP) is 5.75. The topological polar surface area (TPSA) is 124 Å². The lowest BCUT2D eigenvalue weighted by molar-refractivity contribution is 0.422. The van der Waals surface area contributed by atoms with Gasteiger partial charge in [-0.2, -0.15) is 0 Å². The van der Waals surface area contributed by atoms with E-state index in [1.807, 2.05) is 0 Å². The van der Waals surface area contributed by atoms with E-state index < -0.39 is 30.0 Å². The van der Waals surface area contributed by atoms with E-state index in [1.165, 1.54) is 62.8 Å². The maximum absolute atomic E-state index is 11.8. The van der Waals surface area contributed by atoms with Gasteiger partial charge in [0.2, 0.25) is 0 Å². The quantitative estimate of drug-likeness (QED) is 0.227. The van der Waals surface area contributed by atoms with Gasteiger partial charge in [-0.25, -0.2) is 16.8 Å². The fourth-order valence-corrected chi connectivity index (χ4v) is 4.97. The largest absolute Gasteiger partial charge is 0.744 e. The Kier molecular flexibility index (Phi) is 10.8. The second-order valence-electron chi connectivity index (χ2n) is 8.13. The SMILES string of the molecule is CCCCCCCCCCCCc1cccc(S(=O)(=O)[O-])c1Oc1ccccc1S(=O)(=O)[O-]. The number of hydrogen-bond donors (Lipinski definition) is 0. The fraction of sp³-hybridized carbons (Fsp3) is 0.500. The summed E-state index contributed by atoms with van der Waals surface area (Å²) >= 11 is 0. The summed E-state index contributed by atoms with van der Waals surface area (Å²) in [6.07, 6.45) is 11.9. The van der Waals surface area contributed by atoms with Gasteiger partial charge in [-0.15, -0.1) is 0 Å². The first-order valence-electron chi connectivity index (χ1n) is 11.4. The molecule has 184 valence electrons. The molecule has 2 rings (SSSR count). The summed E-state index contributed by atoms with van der Waals surface area (Å²) < 4.78 is 75.7. The molecule has 0 bridgehead atoms. The zero-order valence-electron chi connectivity index (χ0n) is 19.0. The van der Waals surface area contributed by atoms with Crippen LogP contribution in [0.5, 0.6) is 11.5 Å². The van der Waals surface area contributed by atoms with Crippen molar-refractivity contribution < 1.29 is 30.7 Å². The summed E-state index contributed by atoms with van der Waals surface area (Å²) in [5.41, 5.74) is 0.476. The molecule has 2 aromatic carbocycles. The summed E-state index contributed by atoms with van der Waals surface area (Å²) in [5, 5.41) is 0. The van der Waals surface area contributed by atoms with Crippen molar-refractivity contribution in [2.45, 2.75) is 87.3 Å². The third-order valence-corrected chi connectivity index (χ3v) is 7.20. The van der Waals surface area contributed by atoms with Crippen LogP contribution in [-0.2, 0) is 26.7 Å². The van der Waals surface area contributed by atoms with Crippen molar-refractivity contribution in [2.24, 2.45) is 0 Å². The minimum Gasteiger partial charge on any atom is -0.744 e. The summed E-state index contributed by atoms with van der Waals surface area (Å²) in [5.74, 6) is -0.535. The monoisotopic (exact) mass is 496 g/mol. The highest BCUT2D eigenvalue weighted by atomic mass is 32.2. The van der Waals surface area contributed by atoms with E-state index in [0.29, 0.717) is 12.0 Å². The van der Waals surface area contributed by atoms with Gasteiger partial charge in [0.1, 0.15) is 31.7 Å². The van der Waals surface area contributed by atoms with Gasteiger partial charge in [0.15, 0.2) is 0 Å². The minimum absolute atomic E-state index is 0.223. The van der Waals surface area contributed by atoms with E-state index in [2.05, 4.69) is 6.92 Å². The third-order valence-electron chi connectivity index (χ3n) is 5.46. The van der Waals surface area contributed by atoms with Gasteiger partial charge in [-0.3, -0.25) is 0 Å². The molecule has 33 heavy (non-hydrogen) atoms. The van der Waals surface area contributed by atoms with E-state index in [-0.39, 0.29) is 11.5 Å². The molecule has 7 nitrogen and oxygen atoms in total. The highest BCUT2D eigenvalue weighted by molar-refractivity contribution is 7.86. The Morgan fingerprint density at radius 1 is 0.667 bits per heavy atom. The van der Waals surface area contributed by atoms with Crippen LogP contribution in [0, 0.1) is 0 Å². The van der Waals surface area contributed by atoms with Crippen LogP contribution in [0.3, 0.4) is 0 Å². The molecule has 0 fully saturated rings. The first-order valence-corrected chi connectivity index (χ1v) is 14.3. The molecule has 0 aliphatic rings. The number of benzene rings is 2. The van der Waals surface area contributed by atoms with Crippen LogP contribution in [-0.4, -0.2) is 25.9 Å². The molecule has 0 aromatic heterocycles. The van der Waals surface area contributed by atoms with Crippen molar-refractivity contribution in [3.8, 4) is 11.5 Å². The van der Waals surface area contributed by atoms with Crippen molar-refractivity contribution in [3.63, 3.8) is 0 Å². The van der Waals surface area contributed by atoms with Crippen molar-refractivity contribution in [1.29, 1.82) is 0 Å². The van der Waals surface area contributed by atoms with Crippen molar-refractivity contribution in [2.75, 3.05) is 0 Å². The van der Waals surface area contributed by atoms with Crippen LogP contribution >= 0.6 is 0 Å². The van der Waals surface area contributed by atoms with Crippen LogP contribution in [0.4, 0.5) is 0 Å². The Balaban J connectivity index is 2.09. The Morgan fingerprint density at radius 2 is 1.18 bits per heavy atom. The fourth-order valence-electron chi connectivity index (χ4n) is 3.72. The smallest absolute Gasteiger partial charge is 0.148 e. The number of rotatable bonds is 15. The Labute approximate surface area is 197 Å². The van der Waals surface area contributed by atoms with Crippen LogP contribution in [0.25, 0.3) is 0 Å². The molecule has 2 aromatic rings. The molecular formula is C24H32O7S2-2. The summed E-state index contributed by atoms with van der Waals surface area (Å²) in [7, 11) is -9.73. The molecule has 0 amide bonds. The van der Waals surface area contributed by atoms with Gasteiger partial charge in [0, 0.05) is 0 Å². The van der Waals surface area contributed by atoms with E-state index in [9.17, 15) is 25.9 Å². The molecule has 0 N–H and O–H groups in total. The molecule has 0 spiro atoms. The van der Waals surface area contributed by atoms with Crippen LogP contribution < -0.4 is 4.74 Å². The minimum atomic E-state index is -4.88. The molecule has 0 unspecified atom stereocenters. The van der Waals surface area contributed by atoms with Gasteiger partial charge in [-0.05, 0) is 36.6 Å². The number of unbranched alkanes of at least 4 members (excludes halogenated alkanes) is 9. The lowest BCUT2D eigenvalue weighted by atomic mass is 10.0. The normalized spacial score (nSPS) is 12.1. The van der Waals surface area contributed by atoms with Crippen molar-refractivity contribution in [3.05, 3.63) is 48.0 Å². The second kappa shape index (κ2) is 13.1. The molecule has 0 saturated heterocycles. The summed E-state index contributed by atoms with van der Waals surface area (Å²) in [4.78, 5) is -1.20. The summed E-state index contributed by atoms with van der Waals surface area (Å²) in [6.45, 7) is 2.20. The van der Waals surface area contributed by atoms with E-state index in [0.717, 1.165) is 37.8 Å². The highest BCUT2D eigenvalue weighted by Crippen LogP contribution is 2.36. The Morgan fingerprint density at radius 3 is 1.76 bits per heavy atom. The maximum atomic E-state index is 11.8. The first kappa shape index (κ1) is 27.3. The molecule has 9 heteroatoms. The van der Waals surface area contributed by atoms with Gasteiger partial charge in [0.25, 0.3) is 0 Å². The molecular weight excluding hydrogens is 464 g/mol. The zero-order valence-corrected chi connectivity index (χ0v) is 20.6. The molecule has 0 saturated carbocycles. The number of ether oxygens (including phenoxy) is 1. The number of para-hydroxylation sites is 2. The first-order chi connectivity index (χ1) is 15.6. The zero-order chi connectivity index (χ0) is 24.3. The molecule has 0 aliphatic heterocycles. The van der Waals surface area contributed by atoms with Crippen molar-refractivity contribution in [1.82, 2.24) is 0 Å². The number of hydrogen-bond acceptors (Lipinski definition) is 7. The Hall–Kier alpha value is -1.94. The average Bonchev–Trinajstić information content (AvgIpc) is 2.75. The maximum Gasteiger partial charge on any atom is 0.148 e. The number of aryl methyl sites for hydroxylation is 1. The lowest BCUT2D eigenvalue weighted by Gasteiger charge is -2.20. The van der Waals surface area contributed by atoms with Gasteiger partial charge in [0.05, 0.1) is 9.79 Å². The molecule has 0 atom stereocenters. The lowest BCUT2D eigenvalue weighted by Crippen LogP contribution is -2.06. The van der Waals surface area contributed by atoms with Gasteiger partial charge >= 0.3 is 0 Å². The second-order valence-corrected chi connectivity index (χ2v) is 10.8. The summed E-state index contributed by atoms with van der Waals surface area (Å²) in [6, 6.07) is 9.37. The van der Waals surface area contributed by atoms with Crippen LogP contribution in [0.15, 0.2) is 52.3 Å². The molecule has 0 aliphatic carbocycles. The van der Waals surface area contributed by atoms with Gasteiger partial charge < -0.3 is 13.8 Å². The van der Waals surface area contributed by atoms with Crippen LogP contribution in [0.2, 0.25) is 0 Å². The van der Waals surface area contributed by atoms with Crippen molar-refractivity contribution >= 4 is 20.2 Å². The van der Waals surface area contributed by atoms with E-state index >= 15 is 0 Å². The van der Waals surface area contributed by atoms with E-state index in [4.69, 9.17) is 4.74 Å². The molecule has 0 heterocycles.